The van der Waals surface area contributed by atoms with Gasteiger partial charge >= 0.3 is 0 Å². The lowest BCUT2D eigenvalue weighted by Crippen LogP contribution is -2.41. The third-order valence-corrected chi connectivity index (χ3v) is 4.22. The fourth-order valence-electron chi connectivity index (χ4n) is 1.69. The Morgan fingerprint density at radius 3 is 2.62 bits per heavy atom. The molecule has 0 bridgehead atoms. The first-order valence-corrected chi connectivity index (χ1v) is 6.84. The largest absolute Gasteiger partial charge is 0.368 e. The molecule has 16 heavy (non-hydrogen) atoms. The second-order valence-corrected chi connectivity index (χ2v) is 6.18. The van der Waals surface area contributed by atoms with Gasteiger partial charge in [-0.2, -0.15) is 4.98 Å². The molecule has 1 fully saturated rings. The van der Waals surface area contributed by atoms with Crippen LogP contribution >= 0.6 is 0 Å². The summed E-state index contributed by atoms with van der Waals surface area (Å²) < 4.78 is 22.6. The SMILES string of the molecule is Cc1cnc(N)nc1N1CCS(=O)(=O)CC1. The summed E-state index contributed by atoms with van der Waals surface area (Å²) in [5, 5.41) is 0. The Bertz CT molecular complexity index is 486. The van der Waals surface area contributed by atoms with Crippen molar-refractivity contribution in [3.63, 3.8) is 0 Å². The van der Waals surface area contributed by atoms with Gasteiger partial charge < -0.3 is 10.6 Å². The van der Waals surface area contributed by atoms with Crippen molar-refractivity contribution >= 4 is 21.6 Å². The molecule has 0 unspecified atom stereocenters. The number of aryl methyl sites for hydroxylation is 1. The molecule has 1 aliphatic heterocycles. The van der Waals surface area contributed by atoms with Crippen LogP contribution in [0.4, 0.5) is 11.8 Å². The average molecular weight is 242 g/mol. The zero-order valence-corrected chi connectivity index (χ0v) is 9.87. The van der Waals surface area contributed by atoms with Crippen molar-refractivity contribution in [2.75, 3.05) is 35.2 Å². The molecule has 0 aliphatic carbocycles. The molecule has 88 valence electrons. The van der Waals surface area contributed by atoms with Crippen LogP contribution in [0.2, 0.25) is 0 Å². The quantitative estimate of drug-likeness (QED) is 0.721. The van der Waals surface area contributed by atoms with Gasteiger partial charge in [-0.05, 0) is 6.92 Å². The van der Waals surface area contributed by atoms with Crippen molar-refractivity contribution in [3.05, 3.63) is 11.8 Å². The van der Waals surface area contributed by atoms with Crippen LogP contribution < -0.4 is 10.6 Å². The third-order valence-electron chi connectivity index (χ3n) is 2.61. The van der Waals surface area contributed by atoms with Crippen LogP contribution in [0, 0.1) is 6.92 Å². The van der Waals surface area contributed by atoms with E-state index in [1.165, 1.54) is 0 Å². The van der Waals surface area contributed by atoms with Crippen molar-refractivity contribution in [2.24, 2.45) is 0 Å². The predicted octanol–water partition coefficient (Wildman–Crippen LogP) is -0.398. The first kappa shape index (κ1) is 11.1. The molecule has 2 rings (SSSR count). The van der Waals surface area contributed by atoms with Crippen LogP contribution in [0.15, 0.2) is 6.20 Å². The number of nitrogens with two attached hydrogens (primary N) is 1. The van der Waals surface area contributed by atoms with E-state index in [4.69, 9.17) is 5.73 Å². The Labute approximate surface area is 94.4 Å². The number of sulfone groups is 1. The van der Waals surface area contributed by atoms with E-state index >= 15 is 0 Å². The van der Waals surface area contributed by atoms with Gasteiger partial charge in [0.05, 0.1) is 11.5 Å². The number of anilines is 2. The minimum atomic E-state index is -2.86. The van der Waals surface area contributed by atoms with Gasteiger partial charge in [0.15, 0.2) is 9.84 Å². The van der Waals surface area contributed by atoms with E-state index in [1.54, 1.807) is 6.20 Å². The maximum absolute atomic E-state index is 11.3. The van der Waals surface area contributed by atoms with E-state index < -0.39 is 9.84 Å². The molecule has 1 saturated heterocycles. The lowest BCUT2D eigenvalue weighted by Gasteiger charge is -2.28. The van der Waals surface area contributed by atoms with Gasteiger partial charge in [0.25, 0.3) is 0 Å². The summed E-state index contributed by atoms with van der Waals surface area (Å²) in [6.45, 7) is 2.83. The van der Waals surface area contributed by atoms with E-state index in [9.17, 15) is 8.42 Å². The average Bonchev–Trinajstić information content (AvgIpc) is 2.22. The normalized spacial score (nSPS) is 19.7. The smallest absolute Gasteiger partial charge is 0.221 e. The summed E-state index contributed by atoms with van der Waals surface area (Å²) in [4.78, 5) is 9.97. The van der Waals surface area contributed by atoms with E-state index in [-0.39, 0.29) is 17.5 Å². The zero-order chi connectivity index (χ0) is 11.8. The summed E-state index contributed by atoms with van der Waals surface area (Å²) in [5.41, 5.74) is 6.43. The number of nitrogen functional groups attached to an aromatic ring is 1. The van der Waals surface area contributed by atoms with Gasteiger partial charge in [-0.3, -0.25) is 0 Å². The van der Waals surface area contributed by atoms with Crippen molar-refractivity contribution in [1.29, 1.82) is 0 Å². The Hall–Kier alpha value is -1.37. The standard InChI is InChI=1S/C9H14N4O2S/c1-7-6-11-9(10)12-8(7)13-2-4-16(14,15)5-3-13/h6H,2-5H2,1H3,(H2,10,11,12). The fraction of sp³-hybridized carbons (Fsp3) is 0.556. The molecule has 2 N–H and O–H groups in total. The first-order valence-electron chi connectivity index (χ1n) is 5.02. The van der Waals surface area contributed by atoms with Crippen LogP contribution in [0.5, 0.6) is 0 Å². The Morgan fingerprint density at radius 2 is 2.00 bits per heavy atom. The molecule has 6 nitrogen and oxygen atoms in total. The molecule has 1 aromatic rings. The van der Waals surface area contributed by atoms with Crippen molar-refractivity contribution in [1.82, 2.24) is 9.97 Å². The molecular weight excluding hydrogens is 228 g/mol. The Balaban J connectivity index is 2.23. The first-order chi connectivity index (χ1) is 7.48. The van der Waals surface area contributed by atoms with E-state index in [0.29, 0.717) is 13.1 Å². The number of hydrogen-bond acceptors (Lipinski definition) is 6. The highest BCUT2D eigenvalue weighted by molar-refractivity contribution is 7.91. The molecule has 1 aromatic heterocycles. The van der Waals surface area contributed by atoms with Crippen molar-refractivity contribution in [3.8, 4) is 0 Å². The molecule has 0 aromatic carbocycles. The zero-order valence-electron chi connectivity index (χ0n) is 9.05. The lowest BCUT2D eigenvalue weighted by atomic mass is 10.3. The lowest BCUT2D eigenvalue weighted by molar-refractivity contribution is 0.586. The molecule has 0 spiro atoms. The molecule has 0 radical (unpaired) electrons. The molecule has 1 aliphatic rings. The molecule has 2 heterocycles. The minimum Gasteiger partial charge on any atom is -0.368 e. The molecule has 0 amide bonds. The number of rotatable bonds is 1. The van der Waals surface area contributed by atoms with E-state index in [1.807, 2.05) is 11.8 Å². The van der Waals surface area contributed by atoms with Gasteiger partial charge in [-0.15, -0.1) is 0 Å². The summed E-state index contributed by atoms with van der Waals surface area (Å²) in [6, 6.07) is 0. The molecule has 7 heteroatoms. The minimum absolute atomic E-state index is 0.177. The third kappa shape index (κ3) is 2.24. The van der Waals surface area contributed by atoms with Gasteiger partial charge in [-0.1, -0.05) is 0 Å². The second kappa shape index (κ2) is 3.89. The molecular formula is C9H14N4O2S. The van der Waals surface area contributed by atoms with Crippen LogP contribution in [0.3, 0.4) is 0 Å². The molecule has 0 atom stereocenters. The van der Waals surface area contributed by atoms with E-state index in [0.717, 1.165) is 11.4 Å². The highest BCUT2D eigenvalue weighted by Crippen LogP contribution is 2.19. The van der Waals surface area contributed by atoms with Gasteiger partial charge in [-0.25, -0.2) is 13.4 Å². The van der Waals surface area contributed by atoms with Gasteiger partial charge in [0.1, 0.15) is 5.82 Å². The summed E-state index contributed by atoms with van der Waals surface area (Å²) in [7, 11) is -2.86. The van der Waals surface area contributed by atoms with Gasteiger partial charge in [0, 0.05) is 24.8 Å². The van der Waals surface area contributed by atoms with E-state index in [2.05, 4.69) is 9.97 Å². The summed E-state index contributed by atoms with van der Waals surface area (Å²) in [6.07, 6.45) is 1.65. The van der Waals surface area contributed by atoms with Crippen LogP contribution in [-0.2, 0) is 9.84 Å². The predicted molar refractivity (Wildman–Crippen MR) is 62.0 cm³/mol. The second-order valence-electron chi connectivity index (χ2n) is 3.87. The molecule has 0 saturated carbocycles. The van der Waals surface area contributed by atoms with Gasteiger partial charge in [0.2, 0.25) is 5.95 Å². The number of hydrogen-bond donors (Lipinski definition) is 1. The summed E-state index contributed by atoms with van der Waals surface area (Å²) >= 11 is 0. The van der Waals surface area contributed by atoms with Crippen molar-refractivity contribution < 1.29 is 8.42 Å². The van der Waals surface area contributed by atoms with Crippen molar-refractivity contribution in [2.45, 2.75) is 6.92 Å². The maximum atomic E-state index is 11.3. The maximum Gasteiger partial charge on any atom is 0.221 e. The number of aromatic nitrogens is 2. The summed E-state index contributed by atoms with van der Waals surface area (Å²) in [5.74, 6) is 1.31. The fourth-order valence-corrected chi connectivity index (χ4v) is 2.89. The topological polar surface area (TPSA) is 89.2 Å². The Morgan fingerprint density at radius 1 is 1.38 bits per heavy atom. The van der Waals surface area contributed by atoms with Crippen LogP contribution in [-0.4, -0.2) is 43.0 Å². The monoisotopic (exact) mass is 242 g/mol. The number of nitrogens with zero attached hydrogens (tertiary/aromatic N) is 3. The van der Waals surface area contributed by atoms with Crippen LogP contribution in [0.25, 0.3) is 0 Å². The highest BCUT2D eigenvalue weighted by atomic mass is 32.2. The highest BCUT2D eigenvalue weighted by Gasteiger charge is 2.23. The Kier molecular flexibility index (Phi) is 2.71. The van der Waals surface area contributed by atoms with Crippen LogP contribution in [0.1, 0.15) is 5.56 Å².